The Morgan fingerprint density at radius 1 is 1.10 bits per heavy atom. The fourth-order valence-electron chi connectivity index (χ4n) is 7.04. The summed E-state index contributed by atoms with van der Waals surface area (Å²) < 4.78 is 44.2. The zero-order valence-electron chi connectivity index (χ0n) is 27.6. The standard InChI is InChI=1S/C37H37F3N8O2/c1-46-31-11-12-42-35(50)29(31)18-32(46)34-25(19-43-36(41)45-34)8-7-23-5-4-6-24(15-23)16-33(49)44-27-10-9-26(30(17-27)37(38,39)40)20-47-21-28(22-47)48-13-2-3-14-48/h4-6,9-10,15,17-19,28H,2-3,11-14,16,20-22H2,1H3,(H,42,50)(H,44,49)(H2,41,43,45). The Bertz CT molecular complexity index is 2020. The molecule has 2 aromatic heterocycles. The van der Waals surface area contributed by atoms with Crippen LogP contribution in [0, 0.1) is 11.8 Å². The van der Waals surface area contributed by atoms with Gasteiger partial charge in [-0.3, -0.25) is 19.4 Å². The number of rotatable bonds is 7. The van der Waals surface area contributed by atoms with Crippen LogP contribution in [0.25, 0.3) is 11.4 Å². The lowest BCUT2D eigenvalue weighted by molar-refractivity contribution is -0.138. The number of fused-ring (bicyclic) bond motifs is 1. The number of alkyl halides is 3. The number of nitrogens with zero attached hydrogens (tertiary/aromatic N) is 5. The highest BCUT2D eigenvalue weighted by atomic mass is 19.4. The molecule has 4 aromatic rings. The molecule has 3 aliphatic heterocycles. The molecule has 2 aromatic carbocycles. The van der Waals surface area contributed by atoms with Gasteiger partial charge in [0.05, 0.1) is 28.8 Å². The van der Waals surface area contributed by atoms with Crippen LogP contribution in [0.2, 0.25) is 0 Å². The molecule has 0 atom stereocenters. The van der Waals surface area contributed by atoms with Crippen molar-refractivity contribution in [3.8, 4) is 23.2 Å². The van der Waals surface area contributed by atoms with Crippen molar-refractivity contribution in [1.82, 2.24) is 29.7 Å². The van der Waals surface area contributed by atoms with Crippen molar-refractivity contribution in [3.05, 3.63) is 93.8 Å². The smallest absolute Gasteiger partial charge is 0.368 e. The fourth-order valence-corrected chi connectivity index (χ4v) is 7.04. The molecule has 10 nitrogen and oxygen atoms in total. The minimum absolute atomic E-state index is 0.0580. The summed E-state index contributed by atoms with van der Waals surface area (Å²) in [6.45, 7) is 4.44. The van der Waals surface area contributed by atoms with Crippen LogP contribution in [-0.2, 0) is 37.4 Å². The van der Waals surface area contributed by atoms with Gasteiger partial charge in [-0.1, -0.05) is 30.0 Å². The Labute approximate surface area is 287 Å². The van der Waals surface area contributed by atoms with Crippen molar-refractivity contribution < 1.29 is 22.8 Å². The molecular weight excluding hydrogens is 645 g/mol. The molecule has 258 valence electrons. The molecule has 50 heavy (non-hydrogen) atoms. The molecule has 5 heterocycles. The number of carbonyl (C=O) groups excluding carboxylic acids is 2. The van der Waals surface area contributed by atoms with Crippen molar-refractivity contribution in [2.24, 2.45) is 7.05 Å². The Morgan fingerprint density at radius 3 is 2.66 bits per heavy atom. The van der Waals surface area contributed by atoms with E-state index < -0.39 is 17.6 Å². The fraction of sp³-hybridized carbons (Fsp3) is 0.351. The van der Waals surface area contributed by atoms with E-state index in [2.05, 4.69) is 37.3 Å². The highest BCUT2D eigenvalue weighted by Crippen LogP contribution is 2.35. The van der Waals surface area contributed by atoms with Crippen molar-refractivity contribution in [3.63, 3.8) is 0 Å². The van der Waals surface area contributed by atoms with E-state index in [1.807, 2.05) is 16.5 Å². The first kappa shape index (κ1) is 33.3. The van der Waals surface area contributed by atoms with Gasteiger partial charge in [-0.25, -0.2) is 9.97 Å². The molecule has 2 saturated heterocycles. The summed E-state index contributed by atoms with van der Waals surface area (Å²) in [5.74, 6) is 5.68. The van der Waals surface area contributed by atoms with E-state index in [0.29, 0.717) is 52.6 Å². The van der Waals surface area contributed by atoms with Crippen LogP contribution in [0.15, 0.2) is 54.7 Å². The molecule has 0 bridgehead atoms. The number of carbonyl (C=O) groups is 2. The van der Waals surface area contributed by atoms with Crippen LogP contribution in [0.4, 0.5) is 24.8 Å². The number of amides is 2. The van der Waals surface area contributed by atoms with Crippen molar-refractivity contribution in [1.29, 1.82) is 0 Å². The Kier molecular flexibility index (Phi) is 9.07. The third-order valence-corrected chi connectivity index (χ3v) is 9.62. The summed E-state index contributed by atoms with van der Waals surface area (Å²) in [7, 11) is 1.87. The van der Waals surface area contributed by atoms with Crippen LogP contribution >= 0.6 is 0 Å². The third-order valence-electron chi connectivity index (χ3n) is 9.62. The molecule has 0 spiro atoms. The van der Waals surface area contributed by atoms with E-state index in [-0.39, 0.29) is 36.1 Å². The van der Waals surface area contributed by atoms with E-state index in [1.165, 1.54) is 31.2 Å². The highest BCUT2D eigenvalue weighted by molar-refractivity contribution is 5.98. The summed E-state index contributed by atoms with van der Waals surface area (Å²) in [5.41, 5.74) is 9.90. The van der Waals surface area contributed by atoms with Crippen LogP contribution < -0.4 is 16.4 Å². The van der Waals surface area contributed by atoms with Crippen molar-refractivity contribution in [2.45, 2.75) is 44.4 Å². The monoisotopic (exact) mass is 682 g/mol. The van der Waals surface area contributed by atoms with Gasteiger partial charge in [0.25, 0.3) is 5.91 Å². The molecular formula is C37H37F3N8O2. The van der Waals surface area contributed by atoms with Gasteiger partial charge in [0.2, 0.25) is 11.9 Å². The minimum Gasteiger partial charge on any atom is -0.368 e. The lowest BCUT2D eigenvalue weighted by atomic mass is 10.0. The molecule has 2 fully saturated rings. The number of halogens is 3. The lowest BCUT2D eigenvalue weighted by Crippen LogP contribution is -2.58. The van der Waals surface area contributed by atoms with Gasteiger partial charge in [0.15, 0.2) is 0 Å². The third kappa shape index (κ3) is 7.08. The molecule has 0 radical (unpaired) electrons. The zero-order chi connectivity index (χ0) is 35.0. The van der Waals surface area contributed by atoms with Gasteiger partial charge in [-0.15, -0.1) is 0 Å². The molecule has 0 saturated carbocycles. The predicted molar refractivity (Wildman–Crippen MR) is 183 cm³/mol. The largest absolute Gasteiger partial charge is 0.416 e. The number of benzene rings is 2. The average Bonchev–Trinajstić information content (AvgIpc) is 3.71. The second kappa shape index (κ2) is 13.6. The van der Waals surface area contributed by atoms with E-state index in [0.717, 1.165) is 37.9 Å². The Morgan fingerprint density at radius 2 is 1.90 bits per heavy atom. The number of nitrogen functional groups attached to an aromatic ring is 1. The quantitative estimate of drug-likeness (QED) is 0.250. The van der Waals surface area contributed by atoms with Gasteiger partial charge in [-0.05, 0) is 67.4 Å². The number of anilines is 2. The first-order chi connectivity index (χ1) is 24.0. The maximum Gasteiger partial charge on any atom is 0.416 e. The molecule has 2 amide bonds. The highest BCUT2D eigenvalue weighted by Gasteiger charge is 2.37. The van der Waals surface area contributed by atoms with Crippen LogP contribution in [0.5, 0.6) is 0 Å². The summed E-state index contributed by atoms with van der Waals surface area (Å²) in [6.07, 6.45) is -0.0228. The number of nitrogens with one attached hydrogen (secondary N) is 2. The molecule has 0 unspecified atom stereocenters. The van der Waals surface area contributed by atoms with E-state index in [4.69, 9.17) is 5.73 Å². The number of aromatic nitrogens is 3. The summed E-state index contributed by atoms with van der Waals surface area (Å²) in [4.78, 5) is 38.4. The number of likely N-dealkylation sites (tertiary alicyclic amines) is 2. The predicted octanol–water partition coefficient (Wildman–Crippen LogP) is 4.23. The first-order valence-corrected chi connectivity index (χ1v) is 16.7. The Balaban J connectivity index is 1.03. The second-order valence-electron chi connectivity index (χ2n) is 13.1. The maximum atomic E-state index is 14.1. The van der Waals surface area contributed by atoms with E-state index >= 15 is 0 Å². The van der Waals surface area contributed by atoms with Crippen LogP contribution in [-0.4, -0.2) is 74.9 Å². The van der Waals surface area contributed by atoms with Crippen LogP contribution in [0.3, 0.4) is 0 Å². The van der Waals surface area contributed by atoms with Crippen molar-refractivity contribution >= 4 is 23.5 Å². The molecule has 3 aliphatic rings. The molecule has 4 N–H and O–H groups in total. The van der Waals surface area contributed by atoms with Gasteiger partial charge in [0.1, 0.15) is 5.69 Å². The minimum atomic E-state index is -4.55. The van der Waals surface area contributed by atoms with Gasteiger partial charge in [-0.2, -0.15) is 13.2 Å². The summed E-state index contributed by atoms with van der Waals surface area (Å²) in [6, 6.07) is 13.3. The molecule has 7 rings (SSSR count). The van der Waals surface area contributed by atoms with Gasteiger partial charge >= 0.3 is 6.18 Å². The summed E-state index contributed by atoms with van der Waals surface area (Å²) in [5, 5.41) is 5.49. The topological polar surface area (TPSA) is 121 Å². The maximum absolute atomic E-state index is 14.1. The average molecular weight is 683 g/mol. The van der Waals surface area contributed by atoms with Crippen LogP contribution in [0.1, 0.15) is 56.7 Å². The zero-order valence-corrected chi connectivity index (χ0v) is 27.6. The Hall–Kier alpha value is -5.19. The number of hydrogen-bond donors (Lipinski definition) is 3. The van der Waals surface area contributed by atoms with E-state index in [9.17, 15) is 22.8 Å². The SMILES string of the molecule is Cn1c(-c2nc(N)ncc2C#Cc2cccc(CC(=O)Nc3ccc(CN4CC(N5CCCC5)C4)c(C(F)(F)F)c3)c2)cc2c1CCNC2=O. The summed E-state index contributed by atoms with van der Waals surface area (Å²) >= 11 is 0. The van der Waals surface area contributed by atoms with E-state index in [1.54, 1.807) is 30.3 Å². The van der Waals surface area contributed by atoms with Gasteiger partial charge in [0, 0.05) is 68.8 Å². The molecule has 13 heteroatoms. The van der Waals surface area contributed by atoms with Crippen molar-refractivity contribution in [2.75, 3.05) is 43.8 Å². The lowest BCUT2D eigenvalue weighted by Gasteiger charge is -2.44. The number of nitrogens with two attached hydrogens (primary N) is 1. The van der Waals surface area contributed by atoms with Gasteiger partial charge < -0.3 is 20.9 Å². The first-order valence-electron chi connectivity index (χ1n) is 16.7. The second-order valence-corrected chi connectivity index (χ2v) is 13.1. The molecule has 0 aliphatic carbocycles. The normalized spacial score (nSPS) is 16.7. The number of hydrogen-bond acceptors (Lipinski definition) is 7.